The Morgan fingerprint density at radius 3 is 2.57 bits per heavy atom. The molecule has 0 aliphatic heterocycles. The molecule has 0 aromatic heterocycles. The minimum Gasteiger partial charge on any atom is -0.343 e. The molecule has 3 nitrogen and oxygen atoms in total. The van der Waals surface area contributed by atoms with Crippen LogP contribution in [-0.2, 0) is 4.79 Å². The van der Waals surface area contributed by atoms with Crippen LogP contribution in [0.25, 0.3) is 0 Å². The van der Waals surface area contributed by atoms with Crippen molar-refractivity contribution in [3.05, 3.63) is 0 Å². The third-order valence-corrected chi connectivity index (χ3v) is 3.19. The van der Waals surface area contributed by atoms with Crippen molar-refractivity contribution < 1.29 is 4.79 Å². The van der Waals surface area contributed by atoms with Crippen molar-refractivity contribution in [1.82, 2.24) is 4.90 Å². The first-order chi connectivity index (χ1) is 6.65. The van der Waals surface area contributed by atoms with Gasteiger partial charge in [0, 0.05) is 19.5 Å². The van der Waals surface area contributed by atoms with Crippen LogP contribution in [0.1, 0.15) is 39.0 Å². The molecular formula is C11H22N2O. The summed E-state index contributed by atoms with van der Waals surface area (Å²) < 4.78 is 0. The third kappa shape index (κ3) is 2.98. The summed E-state index contributed by atoms with van der Waals surface area (Å²) in [5.74, 6) is 0.571. The van der Waals surface area contributed by atoms with Crippen molar-refractivity contribution in [1.29, 1.82) is 0 Å². The molecule has 0 spiro atoms. The fraction of sp³-hybridized carbons (Fsp3) is 0.909. The van der Waals surface area contributed by atoms with Crippen LogP contribution in [0.15, 0.2) is 0 Å². The van der Waals surface area contributed by atoms with E-state index >= 15 is 0 Å². The summed E-state index contributed by atoms with van der Waals surface area (Å²) in [7, 11) is 1.93. The molecule has 2 N–H and O–H groups in total. The zero-order chi connectivity index (χ0) is 10.6. The second kappa shape index (κ2) is 5.35. The van der Waals surface area contributed by atoms with E-state index in [0.717, 1.165) is 0 Å². The number of nitrogens with two attached hydrogens (primary N) is 1. The molecule has 14 heavy (non-hydrogen) atoms. The van der Waals surface area contributed by atoms with Crippen LogP contribution in [0.5, 0.6) is 0 Å². The fourth-order valence-corrected chi connectivity index (χ4v) is 2.02. The number of amides is 1. The Hall–Kier alpha value is -0.570. The number of hydrogen-bond donors (Lipinski definition) is 1. The summed E-state index contributed by atoms with van der Waals surface area (Å²) >= 11 is 0. The lowest BCUT2D eigenvalue weighted by atomic mass is 10.1. The smallest absolute Gasteiger partial charge is 0.222 e. The first kappa shape index (κ1) is 11.5. The monoisotopic (exact) mass is 198 g/mol. The minimum absolute atomic E-state index is 0.259. The standard InChI is InChI=1S/C11H22N2O/c1-9(8-12)7-11(14)13(2)10-5-3-4-6-10/h9-10H,3-8,12H2,1-2H3. The third-order valence-electron chi connectivity index (χ3n) is 3.19. The van der Waals surface area contributed by atoms with Crippen LogP contribution in [0.2, 0.25) is 0 Å². The summed E-state index contributed by atoms with van der Waals surface area (Å²) in [5, 5.41) is 0. The molecule has 1 unspecified atom stereocenters. The van der Waals surface area contributed by atoms with Crippen LogP contribution in [0.3, 0.4) is 0 Å². The van der Waals surface area contributed by atoms with E-state index in [9.17, 15) is 4.79 Å². The topological polar surface area (TPSA) is 46.3 Å². The average molecular weight is 198 g/mol. The predicted molar refractivity (Wildman–Crippen MR) is 57.9 cm³/mol. The van der Waals surface area contributed by atoms with Gasteiger partial charge in [-0.15, -0.1) is 0 Å². The van der Waals surface area contributed by atoms with Crippen molar-refractivity contribution >= 4 is 5.91 Å². The van der Waals surface area contributed by atoms with Crippen LogP contribution >= 0.6 is 0 Å². The zero-order valence-electron chi connectivity index (χ0n) is 9.33. The molecular weight excluding hydrogens is 176 g/mol. The minimum atomic E-state index is 0.259. The quantitative estimate of drug-likeness (QED) is 0.741. The van der Waals surface area contributed by atoms with Crippen molar-refractivity contribution in [2.24, 2.45) is 11.7 Å². The summed E-state index contributed by atoms with van der Waals surface area (Å²) in [6.45, 7) is 2.63. The van der Waals surface area contributed by atoms with Crippen LogP contribution < -0.4 is 5.73 Å². The molecule has 1 aliphatic rings. The lowest BCUT2D eigenvalue weighted by Crippen LogP contribution is -2.36. The molecule has 1 atom stereocenters. The maximum absolute atomic E-state index is 11.8. The Morgan fingerprint density at radius 2 is 2.07 bits per heavy atom. The van der Waals surface area contributed by atoms with Gasteiger partial charge >= 0.3 is 0 Å². The summed E-state index contributed by atoms with van der Waals surface area (Å²) in [5.41, 5.74) is 5.50. The van der Waals surface area contributed by atoms with Gasteiger partial charge in [-0.05, 0) is 25.3 Å². The lowest BCUT2D eigenvalue weighted by molar-refractivity contribution is -0.132. The summed E-state index contributed by atoms with van der Waals surface area (Å²) in [6, 6.07) is 0.493. The highest BCUT2D eigenvalue weighted by Gasteiger charge is 2.23. The van der Waals surface area contributed by atoms with Crippen molar-refractivity contribution in [3.63, 3.8) is 0 Å². The first-order valence-corrected chi connectivity index (χ1v) is 5.61. The second-order valence-electron chi connectivity index (χ2n) is 4.49. The molecule has 0 heterocycles. The van der Waals surface area contributed by atoms with E-state index in [4.69, 9.17) is 5.73 Å². The van der Waals surface area contributed by atoms with Gasteiger partial charge in [-0.25, -0.2) is 0 Å². The molecule has 0 saturated heterocycles. The first-order valence-electron chi connectivity index (χ1n) is 5.61. The van der Waals surface area contributed by atoms with E-state index in [1.165, 1.54) is 25.7 Å². The highest BCUT2D eigenvalue weighted by Crippen LogP contribution is 2.23. The number of carbonyl (C=O) groups excluding carboxylic acids is 1. The van der Waals surface area contributed by atoms with Gasteiger partial charge in [-0.3, -0.25) is 4.79 Å². The molecule has 1 rings (SSSR count). The molecule has 1 fully saturated rings. The van der Waals surface area contributed by atoms with E-state index in [1.807, 2.05) is 18.9 Å². The molecule has 1 saturated carbocycles. The van der Waals surface area contributed by atoms with Gasteiger partial charge < -0.3 is 10.6 Å². The van der Waals surface area contributed by atoms with E-state index < -0.39 is 0 Å². The highest BCUT2D eigenvalue weighted by atomic mass is 16.2. The molecule has 1 aliphatic carbocycles. The molecule has 82 valence electrons. The Kier molecular flexibility index (Phi) is 4.39. The van der Waals surface area contributed by atoms with Gasteiger partial charge in [-0.1, -0.05) is 19.8 Å². The van der Waals surface area contributed by atoms with Gasteiger partial charge in [0.2, 0.25) is 5.91 Å². The van der Waals surface area contributed by atoms with Gasteiger partial charge in [0.15, 0.2) is 0 Å². The van der Waals surface area contributed by atoms with E-state index in [0.29, 0.717) is 24.9 Å². The molecule has 0 bridgehead atoms. The van der Waals surface area contributed by atoms with E-state index in [2.05, 4.69) is 0 Å². The average Bonchev–Trinajstić information content (AvgIpc) is 2.69. The van der Waals surface area contributed by atoms with Gasteiger partial charge in [-0.2, -0.15) is 0 Å². The Balaban J connectivity index is 2.35. The molecule has 0 aromatic rings. The largest absolute Gasteiger partial charge is 0.343 e. The molecule has 0 radical (unpaired) electrons. The Morgan fingerprint density at radius 1 is 1.50 bits per heavy atom. The van der Waals surface area contributed by atoms with Gasteiger partial charge in [0.05, 0.1) is 0 Å². The molecule has 0 aromatic carbocycles. The van der Waals surface area contributed by atoms with Crippen LogP contribution in [0, 0.1) is 5.92 Å². The number of hydrogen-bond acceptors (Lipinski definition) is 2. The number of rotatable bonds is 4. The second-order valence-corrected chi connectivity index (χ2v) is 4.49. The number of nitrogens with zero attached hydrogens (tertiary/aromatic N) is 1. The van der Waals surface area contributed by atoms with Gasteiger partial charge in [0.25, 0.3) is 0 Å². The summed E-state index contributed by atoms with van der Waals surface area (Å²) in [6.07, 6.45) is 5.51. The maximum atomic E-state index is 11.8. The van der Waals surface area contributed by atoms with Crippen molar-refractivity contribution in [2.75, 3.05) is 13.6 Å². The van der Waals surface area contributed by atoms with Crippen molar-refractivity contribution in [2.45, 2.75) is 45.1 Å². The molecule has 1 amide bonds. The Bertz CT molecular complexity index is 188. The van der Waals surface area contributed by atoms with Gasteiger partial charge in [0.1, 0.15) is 0 Å². The zero-order valence-corrected chi connectivity index (χ0v) is 9.33. The maximum Gasteiger partial charge on any atom is 0.222 e. The SMILES string of the molecule is CC(CN)CC(=O)N(C)C1CCCC1. The van der Waals surface area contributed by atoms with Crippen LogP contribution in [0.4, 0.5) is 0 Å². The van der Waals surface area contributed by atoms with E-state index in [-0.39, 0.29) is 5.91 Å². The van der Waals surface area contributed by atoms with E-state index in [1.54, 1.807) is 0 Å². The lowest BCUT2D eigenvalue weighted by Gasteiger charge is -2.25. The van der Waals surface area contributed by atoms with Crippen LogP contribution in [-0.4, -0.2) is 30.4 Å². The van der Waals surface area contributed by atoms with Crippen molar-refractivity contribution in [3.8, 4) is 0 Å². The summed E-state index contributed by atoms with van der Waals surface area (Å²) in [4.78, 5) is 13.7. The normalized spacial score (nSPS) is 19.6. The molecule has 3 heteroatoms. The highest BCUT2D eigenvalue weighted by molar-refractivity contribution is 5.76. The fourth-order valence-electron chi connectivity index (χ4n) is 2.02. The Labute approximate surface area is 86.6 Å². The predicted octanol–water partition coefficient (Wildman–Crippen LogP) is 1.37. The number of carbonyl (C=O) groups is 1.